The number of amidine groups is 1. The lowest BCUT2D eigenvalue weighted by molar-refractivity contribution is 0.0747. The monoisotopic (exact) mass is 721 g/mol. The van der Waals surface area contributed by atoms with Crippen LogP contribution in [0, 0.1) is 11.2 Å². The summed E-state index contributed by atoms with van der Waals surface area (Å²) in [6.45, 7) is 4.34. The number of halogens is 1. The molecule has 0 atom stereocenters. The van der Waals surface area contributed by atoms with Crippen molar-refractivity contribution in [3.63, 3.8) is 0 Å². The number of hydrogen-bond acceptors (Lipinski definition) is 5. The first-order chi connectivity index (χ1) is 26.3. The Balaban J connectivity index is 1.22. The molecule has 276 valence electrons. The second-order valence-electron chi connectivity index (χ2n) is 14.4. The molecule has 6 aromatic rings. The summed E-state index contributed by atoms with van der Waals surface area (Å²) >= 11 is 0. The standard InChI is InChI=1S/C45H48FN7O/c46-39-14-8-7-11-37(39)31-52(28-25-47)44(54)36-20-21-41-40(29-36)50-42(22-17-33-15-18-35(19-16-33)43(48)49)53(41)32-45(38-12-5-2-6-13-38)23-26-51(27-24-45)30-34-9-3-1-4-10-34/h1-16,18-21,29H,17,22-28,30-32,47H2,(H3,48,49). The number of nitrogens with zero attached hydrogens (tertiary/aromatic N) is 4. The third-order valence-electron chi connectivity index (χ3n) is 10.9. The molecule has 0 radical (unpaired) electrons. The average molecular weight is 722 g/mol. The topological polar surface area (TPSA) is 117 Å². The van der Waals surface area contributed by atoms with Crippen LogP contribution in [0.4, 0.5) is 4.39 Å². The first kappa shape index (κ1) is 36.7. The zero-order valence-electron chi connectivity index (χ0n) is 30.6. The van der Waals surface area contributed by atoms with Crippen LogP contribution in [0.3, 0.4) is 0 Å². The second kappa shape index (κ2) is 16.6. The van der Waals surface area contributed by atoms with Gasteiger partial charge in [-0.1, -0.05) is 103 Å². The Hall–Kier alpha value is -5.64. The number of nitrogens with two attached hydrogens (primary N) is 2. The molecule has 5 aromatic carbocycles. The zero-order chi connectivity index (χ0) is 37.5. The number of nitrogen functional groups attached to an aromatic ring is 1. The lowest BCUT2D eigenvalue weighted by atomic mass is 9.72. The summed E-state index contributed by atoms with van der Waals surface area (Å²) in [6, 6.07) is 41.7. The number of carbonyl (C=O) groups excluding carboxylic acids is 1. The first-order valence-corrected chi connectivity index (χ1v) is 18.8. The predicted molar refractivity (Wildman–Crippen MR) is 214 cm³/mol. The van der Waals surface area contributed by atoms with Crippen LogP contribution in [-0.4, -0.2) is 57.3 Å². The molecule has 5 N–H and O–H groups in total. The molecule has 1 aliphatic rings. The molecule has 0 saturated carbocycles. The number of piperidine rings is 1. The zero-order valence-corrected chi connectivity index (χ0v) is 30.6. The van der Waals surface area contributed by atoms with Crippen molar-refractivity contribution in [1.29, 1.82) is 5.41 Å². The largest absolute Gasteiger partial charge is 0.384 e. The molecule has 54 heavy (non-hydrogen) atoms. The molecule has 7 rings (SSSR count). The maximum absolute atomic E-state index is 14.6. The molecule has 0 unspecified atom stereocenters. The summed E-state index contributed by atoms with van der Waals surface area (Å²) in [5.74, 6) is 0.449. The first-order valence-electron chi connectivity index (χ1n) is 18.8. The fourth-order valence-electron chi connectivity index (χ4n) is 7.82. The summed E-state index contributed by atoms with van der Waals surface area (Å²) in [5.41, 5.74) is 18.7. The lowest BCUT2D eigenvalue weighted by Gasteiger charge is -2.43. The van der Waals surface area contributed by atoms with E-state index in [-0.39, 0.29) is 36.1 Å². The number of fused-ring (bicyclic) bond motifs is 1. The fourth-order valence-corrected chi connectivity index (χ4v) is 7.82. The van der Waals surface area contributed by atoms with Gasteiger partial charge >= 0.3 is 0 Å². The summed E-state index contributed by atoms with van der Waals surface area (Å²) < 4.78 is 17.0. The smallest absolute Gasteiger partial charge is 0.254 e. The molecular formula is C45H48FN7O. The van der Waals surface area contributed by atoms with Gasteiger partial charge in [0, 0.05) is 61.2 Å². The lowest BCUT2D eigenvalue weighted by Crippen LogP contribution is -2.44. The molecule has 2 heterocycles. The van der Waals surface area contributed by atoms with Crippen LogP contribution >= 0.6 is 0 Å². The number of aryl methyl sites for hydroxylation is 2. The van der Waals surface area contributed by atoms with Crippen molar-refractivity contribution in [3.8, 4) is 0 Å². The maximum atomic E-state index is 14.6. The van der Waals surface area contributed by atoms with Crippen molar-refractivity contribution in [2.24, 2.45) is 11.5 Å². The number of amides is 1. The molecule has 1 aliphatic heterocycles. The van der Waals surface area contributed by atoms with Gasteiger partial charge in [-0.05, 0) is 73.3 Å². The Morgan fingerprint density at radius 1 is 0.815 bits per heavy atom. The highest BCUT2D eigenvalue weighted by Crippen LogP contribution is 2.39. The highest BCUT2D eigenvalue weighted by atomic mass is 19.1. The predicted octanol–water partition coefficient (Wildman–Crippen LogP) is 7.08. The van der Waals surface area contributed by atoms with Crippen molar-refractivity contribution in [3.05, 3.63) is 172 Å². The van der Waals surface area contributed by atoms with Gasteiger partial charge in [-0.2, -0.15) is 0 Å². The van der Waals surface area contributed by atoms with Gasteiger partial charge in [-0.15, -0.1) is 0 Å². The van der Waals surface area contributed by atoms with E-state index in [2.05, 4.69) is 70.1 Å². The van der Waals surface area contributed by atoms with E-state index in [0.29, 0.717) is 29.7 Å². The summed E-state index contributed by atoms with van der Waals surface area (Å²) in [7, 11) is 0. The SMILES string of the molecule is N=C(N)c1ccc(CCc2nc3cc(C(=O)N(CCN)Cc4ccccc4F)ccc3n2CC2(c3ccccc3)CCN(Cc3ccccc3)CC2)cc1. The molecule has 8 nitrogen and oxygen atoms in total. The minimum absolute atomic E-state index is 0.0497. The molecule has 1 amide bonds. The van der Waals surface area contributed by atoms with E-state index in [9.17, 15) is 9.18 Å². The summed E-state index contributed by atoms with van der Waals surface area (Å²) in [6.07, 6.45) is 3.44. The van der Waals surface area contributed by atoms with Crippen molar-refractivity contribution in [2.75, 3.05) is 26.2 Å². The molecule has 0 spiro atoms. The van der Waals surface area contributed by atoms with Gasteiger partial charge in [0.15, 0.2) is 0 Å². The van der Waals surface area contributed by atoms with Gasteiger partial charge in [-0.25, -0.2) is 9.37 Å². The van der Waals surface area contributed by atoms with Gasteiger partial charge in [0.1, 0.15) is 17.5 Å². The normalized spacial score (nSPS) is 14.3. The average Bonchev–Trinajstić information content (AvgIpc) is 3.54. The van der Waals surface area contributed by atoms with Crippen LogP contribution < -0.4 is 11.5 Å². The number of carbonyl (C=O) groups is 1. The second-order valence-corrected chi connectivity index (χ2v) is 14.4. The fraction of sp³-hybridized carbons (Fsp3) is 0.267. The Kier molecular flexibility index (Phi) is 11.3. The number of hydrogen-bond donors (Lipinski definition) is 3. The maximum Gasteiger partial charge on any atom is 0.254 e. The van der Waals surface area contributed by atoms with Gasteiger partial charge in [-0.3, -0.25) is 15.1 Å². The van der Waals surface area contributed by atoms with Gasteiger partial charge in [0.25, 0.3) is 5.91 Å². The van der Waals surface area contributed by atoms with E-state index in [4.69, 9.17) is 21.9 Å². The van der Waals surface area contributed by atoms with E-state index >= 15 is 0 Å². The van der Waals surface area contributed by atoms with Crippen LogP contribution in [-0.2, 0) is 37.9 Å². The molecule has 1 fully saturated rings. The summed E-state index contributed by atoms with van der Waals surface area (Å²) in [5, 5.41) is 7.79. The summed E-state index contributed by atoms with van der Waals surface area (Å²) in [4.78, 5) is 23.4. The molecule has 1 saturated heterocycles. The number of aromatic nitrogens is 2. The Labute approximate surface area is 316 Å². The van der Waals surface area contributed by atoms with Crippen LogP contribution in [0.15, 0.2) is 127 Å². The van der Waals surface area contributed by atoms with Gasteiger partial charge in [0.2, 0.25) is 0 Å². The van der Waals surface area contributed by atoms with Gasteiger partial charge in [0.05, 0.1) is 11.0 Å². The van der Waals surface area contributed by atoms with Crippen molar-refractivity contribution in [2.45, 2.75) is 50.7 Å². The Bertz CT molecular complexity index is 2190. The molecule has 1 aromatic heterocycles. The van der Waals surface area contributed by atoms with Gasteiger partial charge < -0.3 is 20.9 Å². The molecular weight excluding hydrogens is 674 g/mol. The van der Waals surface area contributed by atoms with E-state index in [1.165, 1.54) is 17.2 Å². The molecule has 9 heteroatoms. The third-order valence-corrected chi connectivity index (χ3v) is 10.9. The highest BCUT2D eigenvalue weighted by Gasteiger charge is 2.37. The number of likely N-dealkylation sites (tertiary alicyclic amines) is 1. The molecule has 0 bridgehead atoms. The third kappa shape index (κ3) is 8.28. The number of nitrogens with one attached hydrogen (secondary N) is 1. The van der Waals surface area contributed by atoms with E-state index in [1.54, 1.807) is 23.1 Å². The minimum Gasteiger partial charge on any atom is -0.384 e. The quantitative estimate of drug-likeness (QED) is 0.0822. The Morgan fingerprint density at radius 3 is 2.17 bits per heavy atom. The van der Waals surface area contributed by atoms with E-state index in [1.807, 2.05) is 42.5 Å². The van der Waals surface area contributed by atoms with Crippen molar-refractivity contribution in [1.82, 2.24) is 19.4 Å². The van der Waals surface area contributed by atoms with Crippen LogP contribution in [0.2, 0.25) is 0 Å². The Morgan fingerprint density at radius 2 is 1.48 bits per heavy atom. The van der Waals surface area contributed by atoms with Crippen LogP contribution in [0.25, 0.3) is 11.0 Å². The number of rotatable bonds is 14. The van der Waals surface area contributed by atoms with Crippen LogP contribution in [0.5, 0.6) is 0 Å². The highest BCUT2D eigenvalue weighted by molar-refractivity contribution is 5.97. The van der Waals surface area contributed by atoms with Crippen LogP contribution in [0.1, 0.15) is 56.8 Å². The van der Waals surface area contributed by atoms with Crippen molar-refractivity contribution < 1.29 is 9.18 Å². The number of benzene rings is 5. The van der Waals surface area contributed by atoms with E-state index in [0.717, 1.165) is 67.9 Å². The number of imidazole rings is 1. The van der Waals surface area contributed by atoms with E-state index < -0.39 is 0 Å². The minimum atomic E-state index is -0.347. The molecule has 0 aliphatic carbocycles. The van der Waals surface area contributed by atoms with Crippen molar-refractivity contribution >= 4 is 22.8 Å².